The van der Waals surface area contributed by atoms with Crippen molar-refractivity contribution in [3.63, 3.8) is 0 Å². The van der Waals surface area contributed by atoms with Crippen LogP contribution < -0.4 is 21.9 Å². The number of rotatable bonds is 6. The number of aromatic nitrogens is 2. The van der Waals surface area contributed by atoms with E-state index >= 15 is 0 Å². The van der Waals surface area contributed by atoms with Crippen LogP contribution in [0, 0.1) is 12.8 Å². The fourth-order valence-corrected chi connectivity index (χ4v) is 4.40. The van der Waals surface area contributed by atoms with Gasteiger partial charge >= 0.3 is 5.69 Å². The van der Waals surface area contributed by atoms with Gasteiger partial charge < -0.3 is 15.1 Å². The minimum Gasteiger partial charge on any atom is -0.464 e. The Morgan fingerprint density at radius 1 is 1.03 bits per heavy atom. The van der Waals surface area contributed by atoms with E-state index in [1.54, 1.807) is 0 Å². The minimum atomic E-state index is -0.478. The Kier molecular flexibility index (Phi) is 6.23. The van der Waals surface area contributed by atoms with E-state index in [4.69, 9.17) is 10.2 Å². The van der Waals surface area contributed by atoms with Crippen molar-refractivity contribution < 1.29 is 4.42 Å². The quantitative estimate of drug-likeness (QED) is 0.615. The summed E-state index contributed by atoms with van der Waals surface area (Å²) in [7, 11) is 0. The summed E-state index contributed by atoms with van der Waals surface area (Å²) in [6.07, 6.45) is 0. The van der Waals surface area contributed by atoms with E-state index < -0.39 is 17.3 Å². The van der Waals surface area contributed by atoms with Crippen LogP contribution in [0.2, 0.25) is 0 Å². The molecule has 8 nitrogen and oxygen atoms in total. The average molecular weight is 438 g/mol. The molecule has 1 aromatic carbocycles. The van der Waals surface area contributed by atoms with Crippen LogP contribution in [0.3, 0.4) is 0 Å². The fraction of sp³-hybridized carbons (Fsp3) is 0.417. The predicted molar refractivity (Wildman–Crippen MR) is 126 cm³/mol. The molecule has 0 saturated carbocycles. The van der Waals surface area contributed by atoms with Crippen molar-refractivity contribution in [3.8, 4) is 0 Å². The smallest absolute Gasteiger partial charge is 0.329 e. The summed E-state index contributed by atoms with van der Waals surface area (Å²) in [5.41, 5.74) is 7.08. The van der Waals surface area contributed by atoms with Crippen molar-refractivity contribution in [2.24, 2.45) is 5.92 Å². The summed E-state index contributed by atoms with van der Waals surface area (Å²) in [6, 6.07) is 13.6. The van der Waals surface area contributed by atoms with Crippen LogP contribution in [0.5, 0.6) is 0 Å². The Balaban J connectivity index is 1.72. The molecule has 1 aliphatic heterocycles. The van der Waals surface area contributed by atoms with Crippen molar-refractivity contribution in [2.45, 2.75) is 33.4 Å². The van der Waals surface area contributed by atoms with Gasteiger partial charge in [-0.25, -0.2) is 4.79 Å². The number of furan rings is 1. The topological polar surface area (TPSA) is 100 Å². The number of nitrogen functional groups attached to an aromatic ring is 1. The number of piperazine rings is 1. The molecule has 1 fully saturated rings. The van der Waals surface area contributed by atoms with Crippen LogP contribution in [0.4, 0.5) is 11.5 Å². The maximum Gasteiger partial charge on any atom is 0.329 e. The first kappa shape index (κ1) is 22.0. The van der Waals surface area contributed by atoms with Crippen molar-refractivity contribution in [1.29, 1.82) is 0 Å². The van der Waals surface area contributed by atoms with Crippen molar-refractivity contribution in [3.05, 3.63) is 80.4 Å². The number of aryl methyl sites for hydroxylation is 1. The van der Waals surface area contributed by atoms with E-state index in [1.165, 1.54) is 10.3 Å². The van der Waals surface area contributed by atoms with E-state index in [9.17, 15) is 9.59 Å². The third kappa shape index (κ3) is 4.36. The molecule has 0 aliphatic carbocycles. The Labute approximate surface area is 187 Å². The highest BCUT2D eigenvalue weighted by Gasteiger charge is 2.33. The van der Waals surface area contributed by atoms with Crippen LogP contribution in [0.25, 0.3) is 0 Å². The number of aromatic amines is 1. The van der Waals surface area contributed by atoms with Gasteiger partial charge in [0.05, 0.1) is 5.56 Å². The van der Waals surface area contributed by atoms with Gasteiger partial charge in [0.1, 0.15) is 23.4 Å². The summed E-state index contributed by atoms with van der Waals surface area (Å²) in [6.45, 7) is 9.39. The molecule has 0 radical (unpaired) electrons. The fourth-order valence-electron chi connectivity index (χ4n) is 4.40. The molecule has 8 heteroatoms. The molecule has 0 spiro atoms. The van der Waals surface area contributed by atoms with Crippen molar-refractivity contribution in [2.75, 3.05) is 36.8 Å². The third-order valence-corrected chi connectivity index (χ3v) is 5.93. The zero-order valence-electron chi connectivity index (χ0n) is 18.9. The van der Waals surface area contributed by atoms with Gasteiger partial charge in [0, 0.05) is 38.4 Å². The van der Waals surface area contributed by atoms with Gasteiger partial charge in [-0.15, -0.1) is 0 Å². The van der Waals surface area contributed by atoms with Gasteiger partial charge in [0.2, 0.25) is 0 Å². The maximum atomic E-state index is 13.0. The highest BCUT2D eigenvalue weighted by molar-refractivity contribution is 5.47. The van der Waals surface area contributed by atoms with Crippen LogP contribution in [0.1, 0.15) is 37.0 Å². The highest BCUT2D eigenvalue weighted by Crippen LogP contribution is 2.32. The number of hydrogen-bond acceptors (Lipinski definition) is 6. The lowest BCUT2D eigenvalue weighted by atomic mass is 10.0. The number of anilines is 2. The lowest BCUT2D eigenvalue weighted by Crippen LogP contribution is -2.49. The van der Waals surface area contributed by atoms with E-state index in [1.807, 2.05) is 51.1 Å². The molecule has 0 bridgehead atoms. The second kappa shape index (κ2) is 9.08. The standard InChI is InChI=1S/C24H31N5O3/c1-16(2)15-29-22(25)20(23(30)26-24(29)31)21(19-10-9-17(3)32-19)28-13-11-27(12-14-28)18-7-5-4-6-8-18/h4-10,16,21H,11-15,25H2,1-3H3,(H,26,30,31). The Hall–Kier alpha value is -3.26. The molecule has 1 unspecified atom stereocenters. The largest absolute Gasteiger partial charge is 0.464 e. The van der Waals surface area contributed by atoms with Crippen LogP contribution in [0.15, 0.2) is 56.5 Å². The van der Waals surface area contributed by atoms with Gasteiger partial charge in [0.15, 0.2) is 0 Å². The van der Waals surface area contributed by atoms with Crippen molar-refractivity contribution >= 4 is 11.5 Å². The first-order valence-electron chi connectivity index (χ1n) is 11.1. The SMILES string of the molecule is Cc1ccc(C(c2c(N)n(CC(C)C)c(=O)[nH]c2=O)N2CCN(c3ccccc3)CC2)o1. The number of nitrogens with one attached hydrogen (secondary N) is 1. The van der Waals surface area contributed by atoms with Gasteiger partial charge in [-0.2, -0.15) is 0 Å². The summed E-state index contributed by atoms with van der Waals surface area (Å²) >= 11 is 0. The Bertz CT molecular complexity index is 1170. The van der Waals surface area contributed by atoms with Gasteiger partial charge in [-0.05, 0) is 37.1 Å². The van der Waals surface area contributed by atoms with Crippen LogP contribution in [-0.4, -0.2) is 40.6 Å². The second-order valence-electron chi connectivity index (χ2n) is 8.77. The third-order valence-electron chi connectivity index (χ3n) is 5.93. The summed E-state index contributed by atoms with van der Waals surface area (Å²) in [5.74, 6) is 1.82. The molecular formula is C24H31N5O3. The minimum absolute atomic E-state index is 0.201. The van der Waals surface area contributed by atoms with Crippen molar-refractivity contribution in [1.82, 2.24) is 14.5 Å². The summed E-state index contributed by atoms with van der Waals surface area (Å²) in [5, 5.41) is 0. The zero-order chi connectivity index (χ0) is 22.8. The van der Waals surface area contributed by atoms with Crippen LogP contribution in [-0.2, 0) is 6.54 Å². The van der Waals surface area contributed by atoms with Gasteiger partial charge in [0.25, 0.3) is 5.56 Å². The molecular weight excluding hydrogens is 406 g/mol. The average Bonchev–Trinajstić information content (AvgIpc) is 3.20. The molecule has 1 saturated heterocycles. The maximum absolute atomic E-state index is 13.0. The number of para-hydroxylation sites is 1. The highest BCUT2D eigenvalue weighted by atomic mass is 16.3. The molecule has 3 aromatic rings. The first-order chi connectivity index (χ1) is 15.3. The zero-order valence-corrected chi connectivity index (χ0v) is 18.9. The molecule has 1 aliphatic rings. The summed E-state index contributed by atoms with van der Waals surface area (Å²) in [4.78, 5) is 32.5. The van der Waals surface area contributed by atoms with E-state index in [0.29, 0.717) is 17.9 Å². The van der Waals surface area contributed by atoms with E-state index in [-0.39, 0.29) is 11.7 Å². The molecule has 2 aromatic heterocycles. The Morgan fingerprint density at radius 2 is 1.72 bits per heavy atom. The number of nitrogens with two attached hydrogens (primary N) is 1. The van der Waals surface area contributed by atoms with Gasteiger partial charge in [-0.3, -0.25) is 19.2 Å². The molecule has 32 heavy (non-hydrogen) atoms. The Morgan fingerprint density at radius 3 is 2.31 bits per heavy atom. The van der Waals surface area contributed by atoms with Gasteiger partial charge in [-0.1, -0.05) is 32.0 Å². The normalized spacial score (nSPS) is 15.9. The number of H-pyrrole nitrogens is 1. The lowest BCUT2D eigenvalue weighted by molar-refractivity contribution is 0.189. The molecule has 4 rings (SSSR count). The molecule has 0 amide bonds. The monoisotopic (exact) mass is 437 g/mol. The number of nitrogens with zero attached hydrogens (tertiary/aromatic N) is 3. The first-order valence-corrected chi connectivity index (χ1v) is 11.1. The molecule has 3 N–H and O–H groups in total. The predicted octanol–water partition coefficient (Wildman–Crippen LogP) is 2.59. The molecule has 1 atom stereocenters. The number of hydrogen-bond donors (Lipinski definition) is 2. The van der Waals surface area contributed by atoms with Crippen LogP contribution >= 0.6 is 0 Å². The second-order valence-corrected chi connectivity index (χ2v) is 8.77. The van der Waals surface area contributed by atoms with E-state index in [2.05, 4.69) is 26.9 Å². The lowest BCUT2D eigenvalue weighted by Gasteiger charge is -2.39. The van der Waals surface area contributed by atoms with E-state index in [0.717, 1.165) is 31.9 Å². The molecule has 3 heterocycles. The molecule has 170 valence electrons. The number of benzene rings is 1. The summed E-state index contributed by atoms with van der Waals surface area (Å²) < 4.78 is 7.44.